The Kier molecular flexibility index (Phi) is 6.12. The van der Waals surface area contributed by atoms with E-state index in [9.17, 15) is 4.79 Å². The summed E-state index contributed by atoms with van der Waals surface area (Å²) in [5.74, 6) is -0.707. The normalized spacial score (nSPS) is 8.83. The zero-order valence-corrected chi connectivity index (χ0v) is 7.76. The molecule has 0 aliphatic carbocycles. The Labute approximate surface area is 73.6 Å². The van der Waals surface area contributed by atoms with Crippen LogP contribution in [0.15, 0.2) is 17.4 Å². The quantitative estimate of drug-likeness (QED) is 0.506. The number of hydrogen-bond donors (Lipinski definition) is 1. The highest BCUT2D eigenvalue weighted by Gasteiger charge is 1.93. The van der Waals surface area contributed by atoms with E-state index in [-0.39, 0.29) is 6.42 Å². The third-order valence-electron chi connectivity index (χ3n) is 1.38. The van der Waals surface area contributed by atoms with Gasteiger partial charge in [-0.3, -0.25) is 4.79 Å². The number of allylic oxidation sites excluding steroid dienone is 1. The molecule has 0 aliphatic heterocycles. The van der Waals surface area contributed by atoms with Gasteiger partial charge >= 0.3 is 5.97 Å². The molecule has 0 fully saturated rings. The van der Waals surface area contributed by atoms with Crippen molar-refractivity contribution in [2.75, 3.05) is 0 Å². The molecule has 68 valence electrons. The Morgan fingerprint density at radius 2 is 2.08 bits per heavy atom. The molecule has 0 rings (SSSR count). The summed E-state index contributed by atoms with van der Waals surface area (Å²) in [6.45, 7) is 3.99. The SMILES string of the molecule is CC(C)=C=CCCCCC(=O)O. The second kappa shape index (κ2) is 6.68. The smallest absolute Gasteiger partial charge is 0.303 e. The molecule has 0 aromatic heterocycles. The Morgan fingerprint density at radius 3 is 2.58 bits per heavy atom. The van der Waals surface area contributed by atoms with Crippen LogP contribution < -0.4 is 0 Å². The number of rotatable bonds is 5. The summed E-state index contributed by atoms with van der Waals surface area (Å²) in [6, 6.07) is 0. The molecular formula is C10H16O2. The molecule has 0 aromatic rings. The van der Waals surface area contributed by atoms with E-state index in [0.717, 1.165) is 24.8 Å². The number of hydrogen-bond acceptors (Lipinski definition) is 1. The first-order chi connectivity index (χ1) is 5.63. The van der Waals surface area contributed by atoms with Crippen LogP contribution in [-0.4, -0.2) is 11.1 Å². The molecule has 12 heavy (non-hydrogen) atoms. The van der Waals surface area contributed by atoms with Gasteiger partial charge in [0.25, 0.3) is 0 Å². The van der Waals surface area contributed by atoms with Crippen molar-refractivity contribution in [2.24, 2.45) is 0 Å². The summed E-state index contributed by atoms with van der Waals surface area (Å²) >= 11 is 0. The molecule has 1 N–H and O–H groups in total. The van der Waals surface area contributed by atoms with Crippen molar-refractivity contribution in [3.8, 4) is 0 Å². The summed E-state index contributed by atoms with van der Waals surface area (Å²) in [5, 5.41) is 8.33. The largest absolute Gasteiger partial charge is 0.481 e. The van der Waals surface area contributed by atoms with Crippen LogP contribution in [0.3, 0.4) is 0 Å². The Morgan fingerprint density at radius 1 is 1.42 bits per heavy atom. The molecule has 0 radical (unpaired) electrons. The van der Waals surface area contributed by atoms with Crippen molar-refractivity contribution < 1.29 is 9.90 Å². The van der Waals surface area contributed by atoms with Crippen LogP contribution in [0.1, 0.15) is 39.5 Å². The topological polar surface area (TPSA) is 37.3 Å². The van der Waals surface area contributed by atoms with Crippen LogP contribution >= 0.6 is 0 Å². The molecule has 0 unspecified atom stereocenters. The van der Waals surface area contributed by atoms with Crippen molar-refractivity contribution in [1.29, 1.82) is 0 Å². The van der Waals surface area contributed by atoms with Gasteiger partial charge in [-0.1, -0.05) is 0 Å². The zero-order valence-electron chi connectivity index (χ0n) is 7.76. The van der Waals surface area contributed by atoms with Gasteiger partial charge in [-0.25, -0.2) is 0 Å². The fourth-order valence-electron chi connectivity index (χ4n) is 0.799. The lowest BCUT2D eigenvalue weighted by Gasteiger charge is -1.91. The van der Waals surface area contributed by atoms with Crippen LogP contribution in [0.2, 0.25) is 0 Å². The standard InChI is InChI=1S/C10H16O2/c1-9(2)7-5-3-4-6-8-10(11)12/h5H,3-4,6,8H2,1-2H3,(H,11,12). The van der Waals surface area contributed by atoms with E-state index in [2.05, 4.69) is 5.73 Å². The molecule has 0 saturated heterocycles. The first kappa shape index (κ1) is 11.0. The third kappa shape index (κ3) is 8.99. The van der Waals surface area contributed by atoms with Crippen molar-refractivity contribution in [1.82, 2.24) is 0 Å². The number of unbranched alkanes of at least 4 members (excludes halogenated alkanes) is 2. The van der Waals surface area contributed by atoms with Gasteiger partial charge in [0, 0.05) is 6.42 Å². The van der Waals surface area contributed by atoms with Crippen LogP contribution in [0.25, 0.3) is 0 Å². The van der Waals surface area contributed by atoms with Crippen LogP contribution in [0.5, 0.6) is 0 Å². The molecule has 2 heteroatoms. The molecule has 0 bridgehead atoms. The highest BCUT2D eigenvalue weighted by molar-refractivity contribution is 5.66. The van der Waals surface area contributed by atoms with E-state index < -0.39 is 5.97 Å². The highest BCUT2D eigenvalue weighted by Crippen LogP contribution is 2.00. The van der Waals surface area contributed by atoms with Crippen LogP contribution in [-0.2, 0) is 4.79 Å². The van der Waals surface area contributed by atoms with Gasteiger partial charge in [0.05, 0.1) is 0 Å². The number of carboxylic acid groups (broad SMARTS) is 1. The van der Waals surface area contributed by atoms with Gasteiger partial charge in [-0.05, 0) is 44.8 Å². The van der Waals surface area contributed by atoms with Gasteiger partial charge < -0.3 is 5.11 Å². The average Bonchev–Trinajstić information content (AvgIpc) is 1.95. The van der Waals surface area contributed by atoms with Gasteiger partial charge in [0.1, 0.15) is 0 Å². The highest BCUT2D eigenvalue weighted by atomic mass is 16.4. The molecule has 2 nitrogen and oxygen atoms in total. The number of carbonyl (C=O) groups is 1. The van der Waals surface area contributed by atoms with Crippen LogP contribution in [0, 0.1) is 0 Å². The summed E-state index contributed by atoms with van der Waals surface area (Å²) in [4.78, 5) is 10.1. The van der Waals surface area contributed by atoms with Crippen molar-refractivity contribution in [3.63, 3.8) is 0 Å². The zero-order chi connectivity index (χ0) is 9.40. The molecule has 0 aliphatic rings. The Hall–Kier alpha value is -1.01. The Balaban J connectivity index is 3.34. The lowest BCUT2D eigenvalue weighted by Crippen LogP contribution is -1.92. The summed E-state index contributed by atoms with van der Waals surface area (Å²) in [6.07, 6.45) is 4.88. The van der Waals surface area contributed by atoms with E-state index >= 15 is 0 Å². The molecule has 0 saturated carbocycles. The second-order valence-corrected chi connectivity index (χ2v) is 2.99. The minimum Gasteiger partial charge on any atom is -0.481 e. The number of carboxylic acids is 1. The fourth-order valence-corrected chi connectivity index (χ4v) is 0.799. The van der Waals surface area contributed by atoms with Gasteiger partial charge in [-0.2, -0.15) is 0 Å². The molecule has 0 spiro atoms. The maximum Gasteiger partial charge on any atom is 0.303 e. The molecular weight excluding hydrogens is 152 g/mol. The lowest BCUT2D eigenvalue weighted by molar-refractivity contribution is -0.137. The molecule has 0 heterocycles. The van der Waals surface area contributed by atoms with E-state index in [0.29, 0.717) is 0 Å². The van der Waals surface area contributed by atoms with E-state index in [1.165, 1.54) is 0 Å². The van der Waals surface area contributed by atoms with E-state index in [1.807, 2.05) is 19.9 Å². The molecule has 0 atom stereocenters. The van der Waals surface area contributed by atoms with Gasteiger partial charge in [-0.15, -0.1) is 5.73 Å². The lowest BCUT2D eigenvalue weighted by atomic mass is 10.2. The van der Waals surface area contributed by atoms with Crippen molar-refractivity contribution in [2.45, 2.75) is 39.5 Å². The first-order valence-electron chi connectivity index (χ1n) is 4.23. The molecule has 0 aromatic carbocycles. The predicted molar refractivity (Wildman–Crippen MR) is 49.0 cm³/mol. The van der Waals surface area contributed by atoms with Crippen LogP contribution in [0.4, 0.5) is 0 Å². The van der Waals surface area contributed by atoms with Gasteiger partial charge in [0.2, 0.25) is 0 Å². The van der Waals surface area contributed by atoms with Crippen molar-refractivity contribution >= 4 is 5.97 Å². The molecule has 0 amide bonds. The maximum atomic E-state index is 10.1. The minimum atomic E-state index is -0.707. The average molecular weight is 168 g/mol. The first-order valence-corrected chi connectivity index (χ1v) is 4.23. The minimum absolute atomic E-state index is 0.280. The van der Waals surface area contributed by atoms with Gasteiger partial charge in [0.15, 0.2) is 0 Å². The van der Waals surface area contributed by atoms with Crippen molar-refractivity contribution in [3.05, 3.63) is 17.4 Å². The summed E-state index contributed by atoms with van der Waals surface area (Å²) < 4.78 is 0. The Bertz CT molecular complexity index is 194. The summed E-state index contributed by atoms with van der Waals surface area (Å²) in [7, 11) is 0. The second-order valence-electron chi connectivity index (χ2n) is 2.99. The van der Waals surface area contributed by atoms with E-state index in [1.54, 1.807) is 0 Å². The summed E-state index contributed by atoms with van der Waals surface area (Å²) in [5.41, 5.74) is 4.24. The number of aliphatic carboxylic acids is 1. The third-order valence-corrected chi connectivity index (χ3v) is 1.38. The monoisotopic (exact) mass is 168 g/mol. The fraction of sp³-hybridized carbons (Fsp3) is 0.600. The maximum absolute atomic E-state index is 10.1. The van der Waals surface area contributed by atoms with E-state index in [4.69, 9.17) is 5.11 Å². The predicted octanol–water partition coefficient (Wildman–Crippen LogP) is 2.75.